The Hall–Kier alpha value is -5.45. The Morgan fingerprint density at radius 1 is 0.938 bits per heavy atom. The third kappa shape index (κ3) is 6.27. The zero-order valence-electron chi connectivity index (χ0n) is 26.3. The Labute approximate surface area is 274 Å². The first-order chi connectivity index (χ1) is 23.0. The summed E-state index contributed by atoms with van der Waals surface area (Å²) in [4.78, 5) is 32.3. The number of carbonyl (C=O) groups is 2. The fourth-order valence-corrected chi connectivity index (χ4v) is 6.34. The summed E-state index contributed by atoms with van der Waals surface area (Å²) >= 11 is 0. The van der Waals surface area contributed by atoms with Gasteiger partial charge < -0.3 is 20.1 Å². The summed E-state index contributed by atoms with van der Waals surface area (Å²) in [6.07, 6.45) is 2.30. The minimum atomic E-state index is -1.68. The second-order valence-electron chi connectivity index (χ2n) is 11.8. The van der Waals surface area contributed by atoms with Gasteiger partial charge in [-0.15, -0.1) is 0 Å². The van der Waals surface area contributed by atoms with Gasteiger partial charge in [0.15, 0.2) is 23.2 Å². The van der Waals surface area contributed by atoms with E-state index in [1.807, 2.05) is 37.3 Å². The van der Waals surface area contributed by atoms with Crippen LogP contribution in [-0.2, 0) is 16.2 Å². The topological polar surface area (TPSA) is 89.5 Å². The normalized spacial score (nSPS) is 17.5. The van der Waals surface area contributed by atoms with Gasteiger partial charge in [-0.25, -0.2) is 13.8 Å². The lowest BCUT2D eigenvalue weighted by molar-refractivity contribution is -0.116. The number of allylic oxidation sites excluding steroid dienone is 3. The van der Waals surface area contributed by atoms with E-state index in [4.69, 9.17) is 9.47 Å². The molecule has 0 bridgehead atoms. The van der Waals surface area contributed by atoms with Crippen LogP contribution in [0.25, 0.3) is 0 Å². The third-order valence-electron chi connectivity index (χ3n) is 8.58. The maximum atomic E-state index is 14.4. The number of anilines is 1. The van der Waals surface area contributed by atoms with Crippen molar-refractivity contribution in [2.45, 2.75) is 45.1 Å². The molecule has 0 spiro atoms. The van der Waals surface area contributed by atoms with E-state index < -0.39 is 47.5 Å². The fraction of sp³-hybridized carbons (Fsp3) is 0.216. The average molecular weight is 658 g/mol. The number of Topliss-reactive ketones (excluding diaryl/α,β-unsaturated/α-hetero) is 1. The van der Waals surface area contributed by atoms with Gasteiger partial charge in [0.25, 0.3) is 5.91 Å². The fourth-order valence-electron chi connectivity index (χ4n) is 6.34. The molecule has 0 saturated heterocycles. The molecule has 6 rings (SSSR count). The van der Waals surface area contributed by atoms with Crippen molar-refractivity contribution in [3.8, 4) is 11.5 Å². The highest BCUT2D eigenvalue weighted by molar-refractivity contribution is 6.09. The summed E-state index contributed by atoms with van der Waals surface area (Å²) in [5.74, 6) is -8.81. The van der Waals surface area contributed by atoms with Gasteiger partial charge in [-0.3, -0.25) is 9.59 Å². The molecule has 1 aliphatic heterocycles. The second kappa shape index (κ2) is 13.3. The highest BCUT2D eigenvalue weighted by Crippen LogP contribution is 2.46. The summed E-state index contributed by atoms with van der Waals surface area (Å²) in [7, 11) is 1.37. The predicted octanol–water partition coefficient (Wildman–Crippen LogP) is 7.53. The van der Waals surface area contributed by atoms with E-state index in [0.717, 1.165) is 11.1 Å². The first kappa shape index (κ1) is 32.5. The zero-order valence-corrected chi connectivity index (χ0v) is 26.3. The molecule has 2 atom stereocenters. The lowest BCUT2D eigenvalue weighted by Gasteiger charge is -2.37. The van der Waals surface area contributed by atoms with Crippen LogP contribution in [0.4, 0.5) is 23.4 Å². The summed E-state index contributed by atoms with van der Waals surface area (Å²) in [6.45, 7) is 3.07. The second-order valence-corrected chi connectivity index (χ2v) is 11.8. The van der Waals surface area contributed by atoms with Crippen LogP contribution in [0.2, 0.25) is 0 Å². The van der Waals surface area contributed by atoms with Crippen LogP contribution in [-0.4, -0.2) is 23.8 Å². The number of aromatic nitrogens is 1. The van der Waals surface area contributed by atoms with Gasteiger partial charge in [-0.05, 0) is 67.1 Å². The molecule has 2 heterocycles. The number of amides is 1. The molecule has 0 fully saturated rings. The summed E-state index contributed by atoms with van der Waals surface area (Å²) in [5.41, 5.74) is 4.53. The van der Waals surface area contributed by atoms with Crippen LogP contribution in [0.3, 0.4) is 0 Å². The van der Waals surface area contributed by atoms with E-state index in [0.29, 0.717) is 34.8 Å². The monoisotopic (exact) mass is 657 g/mol. The molecule has 1 amide bonds. The number of carbonyl (C=O) groups excluding carboxylic acids is 2. The number of methoxy groups -OCH3 is 1. The van der Waals surface area contributed by atoms with Crippen molar-refractivity contribution in [3.05, 3.63) is 141 Å². The number of ether oxygens (including phenoxy) is 2. The highest BCUT2D eigenvalue weighted by atomic mass is 19.2. The first-order valence-corrected chi connectivity index (χ1v) is 15.2. The van der Waals surface area contributed by atoms with Crippen LogP contribution < -0.4 is 20.1 Å². The smallest absolute Gasteiger partial charge is 0.255 e. The number of nitrogens with one attached hydrogen (secondary N) is 2. The molecule has 0 saturated carbocycles. The average Bonchev–Trinajstić information content (AvgIpc) is 3.07. The number of benzene rings is 3. The molecule has 11 heteroatoms. The van der Waals surface area contributed by atoms with Crippen LogP contribution >= 0.6 is 0 Å². The number of hydrogen-bond acceptors (Lipinski definition) is 6. The maximum Gasteiger partial charge on any atom is 0.255 e. The van der Waals surface area contributed by atoms with Gasteiger partial charge in [0.2, 0.25) is 11.6 Å². The molecule has 246 valence electrons. The van der Waals surface area contributed by atoms with Gasteiger partial charge in [-0.1, -0.05) is 36.4 Å². The molecule has 2 N–H and O–H groups in total. The largest absolute Gasteiger partial charge is 0.496 e. The Kier molecular flexibility index (Phi) is 9.03. The lowest BCUT2D eigenvalue weighted by Crippen LogP contribution is -2.37. The van der Waals surface area contributed by atoms with Gasteiger partial charge >= 0.3 is 0 Å². The van der Waals surface area contributed by atoms with Crippen LogP contribution in [0.1, 0.15) is 53.9 Å². The summed E-state index contributed by atoms with van der Waals surface area (Å²) in [5, 5.41) is 6.19. The number of nitrogens with zero attached hydrogens (tertiary/aromatic N) is 1. The molecule has 3 aromatic carbocycles. The quantitative estimate of drug-likeness (QED) is 0.150. The van der Waals surface area contributed by atoms with Crippen molar-refractivity contribution in [2.24, 2.45) is 0 Å². The number of rotatable bonds is 8. The van der Waals surface area contributed by atoms with Gasteiger partial charge in [-0.2, -0.15) is 8.78 Å². The van der Waals surface area contributed by atoms with Gasteiger partial charge in [0.1, 0.15) is 18.2 Å². The number of pyridine rings is 1. The Bertz CT molecular complexity index is 1970. The van der Waals surface area contributed by atoms with Crippen molar-refractivity contribution in [2.75, 3.05) is 12.4 Å². The first-order valence-electron chi connectivity index (χ1n) is 15.2. The summed E-state index contributed by atoms with van der Waals surface area (Å²) < 4.78 is 67.3. The Balaban J connectivity index is 1.43. The maximum absolute atomic E-state index is 14.4. The molecular weight excluding hydrogens is 626 g/mol. The zero-order chi connectivity index (χ0) is 34.1. The number of hydrogen-bond donors (Lipinski definition) is 2. The molecule has 2 aliphatic rings. The molecule has 4 aromatic rings. The molecule has 1 aliphatic carbocycles. The molecule has 1 aromatic heterocycles. The third-order valence-corrected chi connectivity index (χ3v) is 8.58. The number of aryl methyl sites for hydroxylation is 1. The van der Waals surface area contributed by atoms with E-state index in [1.54, 1.807) is 43.5 Å². The van der Waals surface area contributed by atoms with E-state index in [9.17, 15) is 27.2 Å². The molecule has 0 unspecified atom stereocenters. The van der Waals surface area contributed by atoms with Crippen molar-refractivity contribution >= 4 is 17.5 Å². The Morgan fingerprint density at radius 2 is 1.67 bits per heavy atom. The number of halogens is 4. The highest BCUT2D eigenvalue weighted by Gasteiger charge is 2.41. The molecule has 48 heavy (non-hydrogen) atoms. The van der Waals surface area contributed by atoms with Crippen LogP contribution in [0.5, 0.6) is 11.5 Å². The number of dihydropyridines is 1. The van der Waals surface area contributed by atoms with E-state index >= 15 is 0 Å². The lowest BCUT2D eigenvalue weighted by atomic mass is 9.71. The summed E-state index contributed by atoms with van der Waals surface area (Å²) in [6, 6.07) is 18.2. The predicted molar refractivity (Wildman–Crippen MR) is 170 cm³/mol. The number of ketones is 1. The Morgan fingerprint density at radius 3 is 2.35 bits per heavy atom. The van der Waals surface area contributed by atoms with Gasteiger partial charge in [0.05, 0.1) is 7.11 Å². The van der Waals surface area contributed by atoms with Gasteiger partial charge in [0, 0.05) is 52.7 Å². The van der Waals surface area contributed by atoms with Crippen LogP contribution in [0, 0.1) is 30.2 Å². The van der Waals surface area contributed by atoms with E-state index in [1.165, 1.54) is 7.11 Å². The molecule has 0 radical (unpaired) electrons. The van der Waals surface area contributed by atoms with Crippen molar-refractivity contribution in [1.82, 2.24) is 10.3 Å². The standard InChI is InChI=1S/C37H31F4N3O4/c1-19-11-12-42-30(13-19)44-37(46)31-20(2)43-27-15-23(21-7-5-4-6-8-21)16-28(45)33(27)32(31)22-9-10-29(47-3)24(14-22)18-48-36-34(40)25(38)17-26(39)35(36)41/h4-14,17,23,32,43H,15-16,18H2,1-3H3,(H,42,44,46)/t23-,32-/m0/s1. The minimum absolute atomic E-state index is 0.0819. The van der Waals surface area contributed by atoms with Crippen molar-refractivity contribution in [1.29, 1.82) is 0 Å². The van der Waals surface area contributed by atoms with E-state index in [-0.39, 0.29) is 41.1 Å². The van der Waals surface area contributed by atoms with Crippen molar-refractivity contribution < 1.29 is 36.6 Å². The minimum Gasteiger partial charge on any atom is -0.496 e. The molecular formula is C37H31F4N3O4. The SMILES string of the molecule is COc1ccc([C@H]2C(C(=O)Nc3cc(C)ccn3)=C(C)NC3=C2C(=O)C[C@@H](c2ccccc2)C3)cc1COc1c(F)c(F)cc(F)c1F. The molecule has 7 nitrogen and oxygen atoms in total. The van der Waals surface area contributed by atoms with Crippen molar-refractivity contribution in [3.63, 3.8) is 0 Å². The van der Waals surface area contributed by atoms with Crippen LogP contribution in [0.15, 0.2) is 95.5 Å². The van der Waals surface area contributed by atoms with E-state index in [2.05, 4.69) is 15.6 Å².